The molecule has 2 aromatic heterocycles. The molecule has 0 N–H and O–H groups in total. The number of methoxy groups -OCH3 is 2. The third kappa shape index (κ3) is 4.23. The summed E-state index contributed by atoms with van der Waals surface area (Å²) < 4.78 is 10.4. The van der Waals surface area contributed by atoms with Crippen molar-refractivity contribution in [2.24, 2.45) is 0 Å². The van der Waals surface area contributed by atoms with Crippen LogP contribution in [0.1, 0.15) is 20.8 Å². The normalized spacial score (nSPS) is 10.6. The summed E-state index contributed by atoms with van der Waals surface area (Å²) in [5, 5.41) is 0.827. The number of carbonyl (C=O) groups excluding carboxylic acids is 2. The van der Waals surface area contributed by atoms with E-state index in [9.17, 15) is 9.59 Å². The van der Waals surface area contributed by atoms with E-state index in [1.165, 1.54) is 20.4 Å². The summed E-state index contributed by atoms with van der Waals surface area (Å²) in [4.78, 5) is 35.2. The summed E-state index contributed by atoms with van der Waals surface area (Å²) in [5.74, 6) is 0.313. The maximum atomic E-state index is 11.2. The van der Waals surface area contributed by atoms with E-state index in [0.29, 0.717) is 61.8 Å². The summed E-state index contributed by atoms with van der Waals surface area (Å²) in [6.07, 6.45) is 2.71. The molecule has 9 heteroatoms. The first-order valence-electron chi connectivity index (χ1n) is 9.97. The van der Waals surface area contributed by atoms with Crippen molar-refractivity contribution in [1.29, 1.82) is 0 Å². The minimum Gasteiger partial charge on any atom is -0.480 e. The minimum absolute atomic E-state index is 0.0952. The summed E-state index contributed by atoms with van der Waals surface area (Å²) in [6.45, 7) is 0. The van der Waals surface area contributed by atoms with Gasteiger partial charge in [-0.3, -0.25) is 9.59 Å². The van der Waals surface area contributed by atoms with Crippen molar-refractivity contribution in [2.75, 3.05) is 14.2 Å². The molecule has 2 heterocycles. The SMILES string of the molecule is COc1nc(-c2cccc(-c3cccc(-c4cnc(C=O)c(OC)n4)c3Cl)c2Cl)ccc1C=O. The molecule has 0 spiro atoms. The number of aldehydes is 2. The van der Waals surface area contributed by atoms with Crippen LogP contribution in [0.4, 0.5) is 0 Å². The molecule has 0 saturated heterocycles. The van der Waals surface area contributed by atoms with Crippen LogP contribution in [0, 0.1) is 0 Å². The molecule has 4 rings (SSSR count). The molecule has 0 aliphatic heterocycles. The van der Waals surface area contributed by atoms with Gasteiger partial charge in [-0.15, -0.1) is 0 Å². The van der Waals surface area contributed by atoms with Crippen LogP contribution in [-0.4, -0.2) is 41.7 Å². The lowest BCUT2D eigenvalue weighted by Gasteiger charge is -2.14. The van der Waals surface area contributed by atoms with Crippen LogP contribution in [0.5, 0.6) is 11.8 Å². The second-order valence-electron chi connectivity index (χ2n) is 7.01. The highest BCUT2D eigenvalue weighted by Gasteiger charge is 2.18. The number of ether oxygens (including phenoxy) is 2. The van der Waals surface area contributed by atoms with Crippen molar-refractivity contribution in [2.45, 2.75) is 0 Å². The van der Waals surface area contributed by atoms with Gasteiger partial charge in [0.05, 0.1) is 47.4 Å². The van der Waals surface area contributed by atoms with Crippen LogP contribution in [0.3, 0.4) is 0 Å². The van der Waals surface area contributed by atoms with Gasteiger partial charge in [0.25, 0.3) is 0 Å². The fourth-order valence-corrected chi connectivity index (χ4v) is 4.12. The molecule has 0 aliphatic carbocycles. The van der Waals surface area contributed by atoms with E-state index in [1.807, 2.05) is 30.3 Å². The predicted molar refractivity (Wildman–Crippen MR) is 130 cm³/mol. The highest BCUT2D eigenvalue weighted by Crippen LogP contribution is 2.42. The maximum absolute atomic E-state index is 11.2. The van der Waals surface area contributed by atoms with Crippen molar-refractivity contribution in [3.05, 3.63) is 76.0 Å². The molecule has 170 valence electrons. The molecule has 0 bridgehead atoms. The number of carbonyl (C=O) groups is 2. The van der Waals surface area contributed by atoms with Crippen LogP contribution in [0.25, 0.3) is 33.6 Å². The Morgan fingerprint density at radius 1 is 0.706 bits per heavy atom. The summed E-state index contributed by atoms with van der Waals surface area (Å²) in [6, 6.07) is 14.3. The fraction of sp³-hybridized carbons (Fsp3) is 0.0800. The van der Waals surface area contributed by atoms with Gasteiger partial charge in [-0.05, 0) is 12.1 Å². The minimum atomic E-state index is 0.0952. The standard InChI is InChI=1S/C25H17Cl2N3O4/c1-33-24-14(12-31)9-10-19(29-24)17-7-3-5-15(22(17)26)16-6-4-8-18(23(16)27)20-11-28-21(13-32)25(30-20)34-2/h3-13H,1-2H3. The molecule has 34 heavy (non-hydrogen) atoms. The number of pyridine rings is 1. The van der Waals surface area contributed by atoms with Gasteiger partial charge < -0.3 is 9.47 Å². The molecule has 0 atom stereocenters. The molecule has 0 radical (unpaired) electrons. The van der Waals surface area contributed by atoms with Gasteiger partial charge in [0.15, 0.2) is 18.3 Å². The van der Waals surface area contributed by atoms with Crippen molar-refractivity contribution >= 4 is 35.8 Å². The Hall–Kier alpha value is -3.81. The lowest BCUT2D eigenvalue weighted by atomic mass is 9.98. The van der Waals surface area contributed by atoms with Gasteiger partial charge in [0.2, 0.25) is 11.8 Å². The molecule has 2 aromatic carbocycles. The topological polar surface area (TPSA) is 91.3 Å². The first-order chi connectivity index (χ1) is 16.5. The molecule has 7 nitrogen and oxygen atoms in total. The Kier molecular flexibility index (Phi) is 6.86. The maximum Gasteiger partial charge on any atom is 0.243 e. The largest absolute Gasteiger partial charge is 0.480 e. The fourth-order valence-electron chi connectivity index (χ4n) is 3.47. The van der Waals surface area contributed by atoms with Crippen LogP contribution in [0.15, 0.2) is 54.7 Å². The summed E-state index contributed by atoms with van der Waals surface area (Å²) >= 11 is 13.6. The van der Waals surface area contributed by atoms with E-state index >= 15 is 0 Å². The number of aromatic nitrogens is 3. The highest BCUT2D eigenvalue weighted by molar-refractivity contribution is 6.39. The Bertz CT molecular complexity index is 1300. The molecule has 0 saturated carbocycles. The van der Waals surface area contributed by atoms with Gasteiger partial charge in [-0.25, -0.2) is 15.0 Å². The van der Waals surface area contributed by atoms with Gasteiger partial charge in [0, 0.05) is 22.3 Å². The predicted octanol–water partition coefficient (Wildman–Crippen LogP) is 5.82. The van der Waals surface area contributed by atoms with Gasteiger partial charge in [0.1, 0.15) is 0 Å². The van der Waals surface area contributed by atoms with E-state index in [-0.39, 0.29) is 17.5 Å². The van der Waals surface area contributed by atoms with Gasteiger partial charge in [-0.1, -0.05) is 59.6 Å². The Morgan fingerprint density at radius 2 is 1.26 bits per heavy atom. The molecule has 0 aliphatic rings. The Morgan fingerprint density at radius 3 is 1.82 bits per heavy atom. The van der Waals surface area contributed by atoms with Crippen LogP contribution >= 0.6 is 23.2 Å². The average Bonchev–Trinajstić information content (AvgIpc) is 2.88. The zero-order valence-electron chi connectivity index (χ0n) is 18.1. The Balaban J connectivity index is 1.83. The number of hydrogen-bond acceptors (Lipinski definition) is 7. The van der Waals surface area contributed by atoms with Gasteiger partial charge in [-0.2, -0.15) is 0 Å². The lowest BCUT2D eigenvalue weighted by Crippen LogP contribution is -1.99. The number of benzene rings is 2. The number of rotatable bonds is 7. The molecule has 0 amide bonds. The van der Waals surface area contributed by atoms with Crippen molar-refractivity contribution < 1.29 is 19.1 Å². The third-order valence-electron chi connectivity index (χ3n) is 5.12. The van der Waals surface area contributed by atoms with Crippen LogP contribution < -0.4 is 9.47 Å². The van der Waals surface area contributed by atoms with E-state index in [0.717, 1.165) is 0 Å². The van der Waals surface area contributed by atoms with E-state index in [2.05, 4.69) is 15.0 Å². The zero-order chi connectivity index (χ0) is 24.2. The monoisotopic (exact) mass is 493 g/mol. The van der Waals surface area contributed by atoms with Gasteiger partial charge >= 0.3 is 0 Å². The highest BCUT2D eigenvalue weighted by atomic mass is 35.5. The number of halogens is 2. The van der Waals surface area contributed by atoms with Crippen molar-refractivity contribution in [3.8, 4) is 45.4 Å². The quantitative estimate of drug-likeness (QED) is 0.299. The van der Waals surface area contributed by atoms with E-state index < -0.39 is 0 Å². The van der Waals surface area contributed by atoms with Crippen molar-refractivity contribution in [3.63, 3.8) is 0 Å². The lowest BCUT2D eigenvalue weighted by molar-refractivity contribution is 0.110. The first-order valence-corrected chi connectivity index (χ1v) is 10.7. The summed E-state index contributed by atoms with van der Waals surface area (Å²) in [7, 11) is 2.86. The van der Waals surface area contributed by atoms with E-state index in [4.69, 9.17) is 32.7 Å². The van der Waals surface area contributed by atoms with Crippen LogP contribution in [0.2, 0.25) is 10.0 Å². The Labute approximate surface area is 205 Å². The summed E-state index contributed by atoms with van der Waals surface area (Å²) in [5.41, 5.74) is 4.01. The average molecular weight is 494 g/mol. The first kappa shape index (κ1) is 23.4. The van der Waals surface area contributed by atoms with Crippen molar-refractivity contribution in [1.82, 2.24) is 15.0 Å². The molecular formula is C25H17Cl2N3O4. The molecule has 0 fully saturated rings. The van der Waals surface area contributed by atoms with E-state index in [1.54, 1.807) is 18.2 Å². The third-order valence-corrected chi connectivity index (χ3v) is 5.94. The second kappa shape index (κ2) is 9.99. The number of nitrogens with zero attached hydrogens (tertiary/aromatic N) is 3. The zero-order valence-corrected chi connectivity index (χ0v) is 19.6. The molecule has 4 aromatic rings. The second-order valence-corrected chi connectivity index (χ2v) is 7.77. The molecule has 0 unspecified atom stereocenters. The van der Waals surface area contributed by atoms with Crippen LogP contribution in [-0.2, 0) is 0 Å². The molecular weight excluding hydrogens is 477 g/mol. The number of hydrogen-bond donors (Lipinski definition) is 0. The smallest absolute Gasteiger partial charge is 0.243 e.